The molecule has 0 heterocycles. The summed E-state index contributed by atoms with van der Waals surface area (Å²) < 4.78 is 25.6. The quantitative estimate of drug-likeness (QED) is 0.833. The number of carbonyl (C=O) groups is 2. The van der Waals surface area contributed by atoms with Crippen molar-refractivity contribution >= 4 is 21.9 Å². The molecule has 1 saturated carbocycles. The predicted octanol–water partition coefficient (Wildman–Crippen LogP) is 1.45. The number of carboxylic acid groups (broad SMARTS) is 1. The zero-order valence-corrected chi connectivity index (χ0v) is 14.6. The lowest BCUT2D eigenvalue weighted by molar-refractivity contribution is -0.151. The molecular formula is C16H22N2O5S. The van der Waals surface area contributed by atoms with Crippen molar-refractivity contribution in [2.45, 2.75) is 42.5 Å². The van der Waals surface area contributed by atoms with Gasteiger partial charge in [-0.2, -0.15) is 0 Å². The summed E-state index contributed by atoms with van der Waals surface area (Å²) in [5, 5.41) is 9.66. The normalized spacial score (nSPS) is 17.2. The van der Waals surface area contributed by atoms with E-state index < -0.39 is 27.4 Å². The molecule has 2 N–H and O–H groups in total. The second kappa shape index (κ2) is 6.90. The van der Waals surface area contributed by atoms with Crippen LogP contribution in [0.5, 0.6) is 0 Å². The molecule has 1 aliphatic rings. The van der Waals surface area contributed by atoms with Crippen LogP contribution in [0, 0.1) is 0 Å². The van der Waals surface area contributed by atoms with Crippen LogP contribution in [0.3, 0.4) is 0 Å². The number of nitrogens with one attached hydrogen (secondary N) is 1. The van der Waals surface area contributed by atoms with Crippen molar-refractivity contribution in [3.05, 3.63) is 29.8 Å². The highest BCUT2D eigenvalue weighted by atomic mass is 32.2. The van der Waals surface area contributed by atoms with Gasteiger partial charge in [0.2, 0.25) is 10.0 Å². The smallest absolute Gasteiger partial charge is 0.329 e. The van der Waals surface area contributed by atoms with Gasteiger partial charge in [-0.05, 0) is 44.2 Å². The number of carboxylic acids is 1. The summed E-state index contributed by atoms with van der Waals surface area (Å²) in [7, 11) is -0.768. The number of nitrogens with zero attached hydrogens (tertiary/aromatic N) is 1. The number of amides is 1. The standard InChI is InChI=1S/C16H22N2O5S/c1-17-24(22,23)13-8-6-12(7-9-13)14(19)18(2)16(15(20)21)10-4-3-5-11-16/h6-9,17H,3-5,10-11H2,1-2H3,(H,20,21). The summed E-state index contributed by atoms with van der Waals surface area (Å²) >= 11 is 0. The minimum absolute atomic E-state index is 0.0508. The zero-order valence-electron chi connectivity index (χ0n) is 13.8. The Morgan fingerprint density at radius 3 is 2.12 bits per heavy atom. The topological polar surface area (TPSA) is 104 Å². The molecule has 0 unspecified atom stereocenters. The van der Waals surface area contributed by atoms with E-state index in [0.29, 0.717) is 12.8 Å². The summed E-state index contributed by atoms with van der Waals surface area (Å²) in [4.78, 5) is 25.8. The van der Waals surface area contributed by atoms with E-state index in [2.05, 4.69) is 4.72 Å². The van der Waals surface area contributed by atoms with E-state index >= 15 is 0 Å². The van der Waals surface area contributed by atoms with Gasteiger partial charge in [-0.25, -0.2) is 17.9 Å². The molecule has 8 heteroatoms. The maximum absolute atomic E-state index is 12.7. The van der Waals surface area contributed by atoms with E-state index in [9.17, 15) is 23.1 Å². The van der Waals surface area contributed by atoms with Gasteiger partial charge in [0.05, 0.1) is 4.90 Å². The number of benzene rings is 1. The van der Waals surface area contributed by atoms with Crippen molar-refractivity contribution in [1.29, 1.82) is 0 Å². The van der Waals surface area contributed by atoms with E-state index in [4.69, 9.17) is 0 Å². The van der Waals surface area contributed by atoms with Gasteiger partial charge in [0, 0.05) is 12.6 Å². The molecule has 0 spiro atoms. The van der Waals surface area contributed by atoms with Gasteiger partial charge in [-0.1, -0.05) is 19.3 Å². The Bertz CT molecular complexity index is 721. The monoisotopic (exact) mass is 354 g/mol. The Kier molecular flexibility index (Phi) is 5.29. The lowest BCUT2D eigenvalue weighted by Gasteiger charge is -2.41. The third-order valence-electron chi connectivity index (χ3n) is 4.71. The van der Waals surface area contributed by atoms with Crippen LogP contribution in [-0.4, -0.2) is 49.9 Å². The van der Waals surface area contributed by atoms with Crippen molar-refractivity contribution < 1.29 is 23.1 Å². The molecule has 0 aromatic heterocycles. The molecule has 1 aliphatic carbocycles. The highest BCUT2D eigenvalue weighted by Gasteiger charge is 2.45. The molecule has 7 nitrogen and oxygen atoms in total. The number of likely N-dealkylation sites (N-methyl/N-ethyl adjacent to an activating group) is 1. The van der Waals surface area contributed by atoms with Crippen LogP contribution in [-0.2, 0) is 14.8 Å². The minimum atomic E-state index is -3.58. The first kappa shape index (κ1) is 18.4. The lowest BCUT2D eigenvalue weighted by atomic mass is 9.80. The highest BCUT2D eigenvalue weighted by Crippen LogP contribution is 2.34. The largest absolute Gasteiger partial charge is 0.479 e. The van der Waals surface area contributed by atoms with Crippen LogP contribution in [0.2, 0.25) is 0 Å². The Labute approximate surface area is 141 Å². The predicted molar refractivity (Wildman–Crippen MR) is 88.2 cm³/mol. The molecule has 0 saturated heterocycles. The van der Waals surface area contributed by atoms with E-state index in [0.717, 1.165) is 19.3 Å². The lowest BCUT2D eigenvalue weighted by Crippen LogP contribution is -2.56. The van der Waals surface area contributed by atoms with Crippen LogP contribution in [0.4, 0.5) is 0 Å². The van der Waals surface area contributed by atoms with E-state index in [1.165, 1.54) is 43.3 Å². The average molecular weight is 354 g/mol. The summed E-state index contributed by atoms with van der Waals surface area (Å²) in [5.41, 5.74) is -0.927. The Hall–Kier alpha value is -1.93. The Morgan fingerprint density at radius 2 is 1.67 bits per heavy atom. The second-order valence-corrected chi connectivity index (χ2v) is 7.88. The van der Waals surface area contributed by atoms with Gasteiger partial charge >= 0.3 is 5.97 Å². The van der Waals surface area contributed by atoms with Crippen molar-refractivity contribution in [3.8, 4) is 0 Å². The minimum Gasteiger partial charge on any atom is -0.479 e. The van der Waals surface area contributed by atoms with Crippen molar-refractivity contribution in [2.24, 2.45) is 0 Å². The highest BCUT2D eigenvalue weighted by molar-refractivity contribution is 7.89. The summed E-state index contributed by atoms with van der Waals surface area (Å²) in [5.74, 6) is -1.42. The number of rotatable bonds is 5. The van der Waals surface area contributed by atoms with Gasteiger partial charge in [-0.3, -0.25) is 4.79 Å². The molecule has 1 aromatic rings. The summed E-state index contributed by atoms with van der Waals surface area (Å²) in [6.07, 6.45) is 3.35. The van der Waals surface area contributed by atoms with E-state index in [-0.39, 0.29) is 10.5 Å². The van der Waals surface area contributed by atoms with Crippen LogP contribution in [0.15, 0.2) is 29.2 Å². The molecule has 0 atom stereocenters. The number of hydrogen-bond donors (Lipinski definition) is 2. The third-order valence-corrected chi connectivity index (χ3v) is 6.14. The van der Waals surface area contributed by atoms with Gasteiger partial charge < -0.3 is 10.0 Å². The molecule has 24 heavy (non-hydrogen) atoms. The first-order valence-corrected chi connectivity index (χ1v) is 9.28. The maximum atomic E-state index is 12.7. The van der Waals surface area contributed by atoms with Crippen LogP contribution in [0.1, 0.15) is 42.5 Å². The molecule has 1 fully saturated rings. The van der Waals surface area contributed by atoms with Gasteiger partial charge in [0.15, 0.2) is 0 Å². The summed E-state index contributed by atoms with van der Waals surface area (Å²) in [6, 6.07) is 5.48. The van der Waals surface area contributed by atoms with Crippen molar-refractivity contribution in [3.63, 3.8) is 0 Å². The Morgan fingerprint density at radius 1 is 1.12 bits per heavy atom. The first-order chi connectivity index (χ1) is 11.2. The molecule has 1 aromatic carbocycles. The summed E-state index contributed by atoms with van der Waals surface area (Å²) in [6.45, 7) is 0. The van der Waals surface area contributed by atoms with E-state index in [1.54, 1.807) is 0 Å². The molecule has 2 rings (SSSR count). The Balaban J connectivity index is 2.28. The molecule has 0 radical (unpaired) electrons. The van der Waals surface area contributed by atoms with Crippen LogP contribution >= 0.6 is 0 Å². The number of aliphatic carboxylic acids is 1. The first-order valence-electron chi connectivity index (χ1n) is 7.80. The molecule has 0 bridgehead atoms. The second-order valence-electron chi connectivity index (χ2n) is 5.99. The number of hydrogen-bond acceptors (Lipinski definition) is 4. The van der Waals surface area contributed by atoms with Gasteiger partial charge in [-0.15, -0.1) is 0 Å². The maximum Gasteiger partial charge on any atom is 0.329 e. The molecule has 1 amide bonds. The fraction of sp³-hybridized carbons (Fsp3) is 0.500. The molecule has 0 aliphatic heterocycles. The third kappa shape index (κ3) is 3.29. The van der Waals surface area contributed by atoms with Crippen LogP contribution < -0.4 is 4.72 Å². The van der Waals surface area contributed by atoms with E-state index in [1.807, 2.05) is 0 Å². The zero-order chi connectivity index (χ0) is 18.0. The average Bonchev–Trinajstić information content (AvgIpc) is 2.61. The number of carbonyl (C=O) groups excluding carboxylic acids is 1. The fourth-order valence-electron chi connectivity index (χ4n) is 3.11. The van der Waals surface area contributed by atoms with Crippen LogP contribution in [0.25, 0.3) is 0 Å². The SMILES string of the molecule is CNS(=O)(=O)c1ccc(C(=O)N(C)C2(C(=O)O)CCCCC2)cc1. The van der Waals surface area contributed by atoms with Gasteiger partial charge in [0.25, 0.3) is 5.91 Å². The number of sulfonamides is 1. The van der Waals surface area contributed by atoms with Gasteiger partial charge in [0.1, 0.15) is 5.54 Å². The molecular weight excluding hydrogens is 332 g/mol. The molecule has 132 valence electrons. The van der Waals surface area contributed by atoms with Crippen molar-refractivity contribution in [2.75, 3.05) is 14.1 Å². The fourth-order valence-corrected chi connectivity index (χ4v) is 3.84. The van der Waals surface area contributed by atoms with Crippen molar-refractivity contribution in [1.82, 2.24) is 9.62 Å².